The Morgan fingerprint density at radius 2 is 1.90 bits per heavy atom. The summed E-state index contributed by atoms with van der Waals surface area (Å²) in [4.78, 5) is 12.3. The Balaban J connectivity index is 2.17. The lowest BCUT2D eigenvalue weighted by atomic mass is 10.1. The van der Waals surface area contributed by atoms with Crippen LogP contribution in [0.5, 0.6) is 0 Å². The fourth-order valence-electron chi connectivity index (χ4n) is 1.92. The van der Waals surface area contributed by atoms with E-state index < -0.39 is 0 Å². The zero-order chi connectivity index (χ0) is 14.7. The summed E-state index contributed by atoms with van der Waals surface area (Å²) in [6.45, 7) is 1.94. The van der Waals surface area contributed by atoms with Gasteiger partial charge in [0.15, 0.2) is 0 Å². The topological polar surface area (TPSA) is 55.1 Å². The van der Waals surface area contributed by atoms with Crippen LogP contribution >= 0.6 is 31.9 Å². The molecule has 0 saturated heterocycles. The number of nitrogen functional groups attached to an aromatic ring is 1. The van der Waals surface area contributed by atoms with Crippen molar-refractivity contribution >= 4 is 43.5 Å². The predicted octanol–water partition coefficient (Wildman–Crippen LogP) is 4.28. The monoisotopic (exact) mass is 396 g/mol. The summed E-state index contributed by atoms with van der Waals surface area (Å²) in [5.41, 5.74) is 7.82. The molecule has 0 aromatic heterocycles. The highest BCUT2D eigenvalue weighted by Gasteiger charge is 2.15. The number of carbonyl (C=O) groups is 1. The Bertz CT molecular complexity index is 644. The van der Waals surface area contributed by atoms with E-state index in [-0.39, 0.29) is 11.9 Å². The zero-order valence-electron chi connectivity index (χ0n) is 10.9. The highest BCUT2D eigenvalue weighted by molar-refractivity contribution is 9.10. The smallest absolute Gasteiger partial charge is 0.253 e. The molecule has 0 aliphatic rings. The van der Waals surface area contributed by atoms with E-state index in [0.29, 0.717) is 11.3 Å². The molecule has 0 unspecified atom stereocenters. The molecule has 2 aromatic rings. The van der Waals surface area contributed by atoms with Gasteiger partial charge in [-0.2, -0.15) is 0 Å². The van der Waals surface area contributed by atoms with Gasteiger partial charge in [0.25, 0.3) is 5.91 Å². The van der Waals surface area contributed by atoms with Gasteiger partial charge in [0.05, 0.1) is 11.6 Å². The molecule has 20 heavy (non-hydrogen) atoms. The molecule has 0 heterocycles. The molecule has 0 saturated carbocycles. The van der Waals surface area contributed by atoms with Crippen LogP contribution in [0.3, 0.4) is 0 Å². The minimum Gasteiger partial charge on any atom is -0.398 e. The number of halogens is 2. The normalized spacial score (nSPS) is 11.9. The number of amides is 1. The molecule has 0 bridgehead atoms. The summed E-state index contributed by atoms with van der Waals surface area (Å²) in [5, 5.41) is 2.95. The maximum Gasteiger partial charge on any atom is 0.253 e. The summed E-state index contributed by atoms with van der Waals surface area (Å²) in [6, 6.07) is 12.9. The number of anilines is 1. The SMILES string of the molecule is C[C@@H](NC(=O)c1ccc(Br)cc1N)c1ccccc1Br. The lowest BCUT2D eigenvalue weighted by Crippen LogP contribution is -2.27. The van der Waals surface area contributed by atoms with E-state index in [4.69, 9.17) is 5.73 Å². The molecule has 0 fully saturated rings. The van der Waals surface area contributed by atoms with Gasteiger partial charge in [-0.15, -0.1) is 0 Å². The molecule has 3 N–H and O–H groups in total. The van der Waals surface area contributed by atoms with Gasteiger partial charge in [-0.05, 0) is 36.8 Å². The van der Waals surface area contributed by atoms with Crippen LogP contribution in [0.15, 0.2) is 51.4 Å². The van der Waals surface area contributed by atoms with Crippen molar-refractivity contribution in [2.75, 3.05) is 5.73 Å². The number of rotatable bonds is 3. The Kier molecular flexibility index (Phi) is 4.83. The number of nitrogens with one attached hydrogen (secondary N) is 1. The van der Waals surface area contributed by atoms with Crippen LogP contribution in [0.4, 0.5) is 5.69 Å². The number of hydrogen-bond donors (Lipinski definition) is 2. The number of benzene rings is 2. The Hall–Kier alpha value is -1.33. The first-order valence-electron chi connectivity index (χ1n) is 6.09. The first-order chi connectivity index (χ1) is 9.49. The van der Waals surface area contributed by atoms with Crippen LogP contribution < -0.4 is 11.1 Å². The van der Waals surface area contributed by atoms with E-state index in [2.05, 4.69) is 37.2 Å². The molecule has 3 nitrogen and oxygen atoms in total. The fourth-order valence-corrected chi connectivity index (χ4v) is 2.93. The summed E-state index contributed by atoms with van der Waals surface area (Å²) in [6.07, 6.45) is 0. The fraction of sp³-hybridized carbons (Fsp3) is 0.133. The molecular formula is C15H14Br2N2O. The molecule has 1 atom stereocenters. The molecule has 1 amide bonds. The van der Waals surface area contributed by atoms with E-state index >= 15 is 0 Å². The predicted molar refractivity (Wildman–Crippen MR) is 88.6 cm³/mol. The third kappa shape index (κ3) is 3.41. The molecule has 5 heteroatoms. The molecule has 2 rings (SSSR count). The average molecular weight is 398 g/mol. The third-order valence-electron chi connectivity index (χ3n) is 2.98. The number of nitrogens with two attached hydrogens (primary N) is 1. The van der Waals surface area contributed by atoms with Crippen molar-refractivity contribution in [3.8, 4) is 0 Å². The average Bonchev–Trinajstić information content (AvgIpc) is 2.38. The van der Waals surface area contributed by atoms with Gasteiger partial charge in [0, 0.05) is 14.6 Å². The van der Waals surface area contributed by atoms with Crippen LogP contribution in [0.1, 0.15) is 28.9 Å². The van der Waals surface area contributed by atoms with E-state index in [0.717, 1.165) is 14.5 Å². The van der Waals surface area contributed by atoms with E-state index in [1.54, 1.807) is 18.2 Å². The summed E-state index contributed by atoms with van der Waals surface area (Å²) >= 11 is 6.81. The Morgan fingerprint density at radius 3 is 2.55 bits per heavy atom. The highest BCUT2D eigenvalue weighted by Crippen LogP contribution is 2.24. The molecule has 0 aliphatic heterocycles. The van der Waals surface area contributed by atoms with Crippen molar-refractivity contribution < 1.29 is 4.79 Å². The summed E-state index contributed by atoms with van der Waals surface area (Å²) in [5.74, 6) is -0.182. The molecule has 0 spiro atoms. The quantitative estimate of drug-likeness (QED) is 0.759. The lowest BCUT2D eigenvalue weighted by molar-refractivity contribution is 0.0940. The summed E-state index contributed by atoms with van der Waals surface area (Å²) in [7, 11) is 0. The second-order valence-corrected chi connectivity index (χ2v) is 6.22. The second-order valence-electron chi connectivity index (χ2n) is 4.45. The van der Waals surface area contributed by atoms with Crippen LogP contribution in [-0.2, 0) is 0 Å². The maximum absolute atomic E-state index is 12.3. The standard InChI is InChI=1S/C15H14Br2N2O/c1-9(11-4-2-3-5-13(11)17)19-15(20)12-7-6-10(16)8-14(12)18/h2-9H,18H2,1H3,(H,19,20)/t9-/m1/s1. The molecular weight excluding hydrogens is 384 g/mol. The second kappa shape index (κ2) is 6.41. The van der Waals surface area contributed by atoms with Crippen LogP contribution in [0.25, 0.3) is 0 Å². The van der Waals surface area contributed by atoms with E-state index in [9.17, 15) is 4.79 Å². The van der Waals surface area contributed by atoms with Crippen molar-refractivity contribution in [2.45, 2.75) is 13.0 Å². The Labute approximate surface area is 134 Å². The van der Waals surface area contributed by atoms with Crippen LogP contribution in [0, 0.1) is 0 Å². The van der Waals surface area contributed by atoms with Gasteiger partial charge >= 0.3 is 0 Å². The third-order valence-corrected chi connectivity index (χ3v) is 4.19. The minimum absolute atomic E-state index is 0.110. The van der Waals surface area contributed by atoms with Gasteiger partial charge in [0.1, 0.15) is 0 Å². The van der Waals surface area contributed by atoms with Crippen LogP contribution in [0.2, 0.25) is 0 Å². The Morgan fingerprint density at radius 1 is 1.20 bits per heavy atom. The van der Waals surface area contributed by atoms with Crippen molar-refractivity contribution in [2.24, 2.45) is 0 Å². The van der Waals surface area contributed by atoms with E-state index in [1.165, 1.54) is 0 Å². The first-order valence-corrected chi connectivity index (χ1v) is 7.68. The van der Waals surface area contributed by atoms with Crippen molar-refractivity contribution in [3.63, 3.8) is 0 Å². The zero-order valence-corrected chi connectivity index (χ0v) is 14.0. The number of carbonyl (C=O) groups excluding carboxylic acids is 1. The van der Waals surface area contributed by atoms with Gasteiger partial charge < -0.3 is 11.1 Å². The number of hydrogen-bond acceptors (Lipinski definition) is 2. The molecule has 104 valence electrons. The molecule has 0 radical (unpaired) electrons. The summed E-state index contributed by atoms with van der Waals surface area (Å²) < 4.78 is 1.82. The minimum atomic E-state index is -0.182. The lowest BCUT2D eigenvalue weighted by Gasteiger charge is -2.16. The van der Waals surface area contributed by atoms with E-state index in [1.807, 2.05) is 31.2 Å². The van der Waals surface area contributed by atoms with Gasteiger partial charge in [-0.25, -0.2) is 0 Å². The van der Waals surface area contributed by atoms with Crippen molar-refractivity contribution in [1.29, 1.82) is 0 Å². The molecule has 2 aromatic carbocycles. The van der Waals surface area contributed by atoms with Crippen molar-refractivity contribution in [1.82, 2.24) is 5.32 Å². The van der Waals surface area contributed by atoms with Crippen molar-refractivity contribution in [3.05, 3.63) is 62.5 Å². The van der Waals surface area contributed by atoms with Crippen LogP contribution in [-0.4, -0.2) is 5.91 Å². The van der Waals surface area contributed by atoms with Gasteiger partial charge in [-0.3, -0.25) is 4.79 Å². The maximum atomic E-state index is 12.3. The molecule has 0 aliphatic carbocycles. The largest absolute Gasteiger partial charge is 0.398 e. The first kappa shape index (κ1) is 15.1. The highest BCUT2D eigenvalue weighted by atomic mass is 79.9. The van der Waals surface area contributed by atoms with Gasteiger partial charge in [0.2, 0.25) is 0 Å². The van der Waals surface area contributed by atoms with Gasteiger partial charge in [-0.1, -0.05) is 50.1 Å².